The third-order valence-corrected chi connectivity index (χ3v) is 3.78. The van der Waals surface area contributed by atoms with Gasteiger partial charge in [0.05, 0.1) is 17.0 Å². The zero-order valence-corrected chi connectivity index (χ0v) is 12.7. The molecule has 3 heterocycles. The van der Waals surface area contributed by atoms with Gasteiger partial charge in [-0.25, -0.2) is 0 Å². The van der Waals surface area contributed by atoms with E-state index in [-0.39, 0.29) is 18.3 Å². The molecule has 1 aromatic carbocycles. The van der Waals surface area contributed by atoms with Crippen molar-refractivity contribution in [2.45, 2.75) is 0 Å². The number of hydrogen-bond acceptors (Lipinski definition) is 2. The molecule has 110 valence electrons. The lowest BCUT2D eigenvalue weighted by atomic mass is 10.1. The van der Waals surface area contributed by atoms with Gasteiger partial charge in [0.2, 0.25) is 0 Å². The molecule has 4 rings (SSSR count). The summed E-state index contributed by atoms with van der Waals surface area (Å²) >= 11 is 0. The molecule has 1 N–H and O–H groups in total. The van der Waals surface area contributed by atoms with Crippen molar-refractivity contribution in [3.63, 3.8) is 0 Å². The third-order valence-electron chi connectivity index (χ3n) is 3.78. The van der Waals surface area contributed by atoms with Crippen molar-refractivity contribution in [1.29, 1.82) is 0 Å². The highest BCUT2D eigenvalue weighted by molar-refractivity contribution is 6.34. The number of carbonyl (C=O) groups is 1. The van der Waals surface area contributed by atoms with Crippen molar-refractivity contribution in [3.05, 3.63) is 60.0 Å². The van der Waals surface area contributed by atoms with Crippen LogP contribution >= 0.6 is 12.4 Å². The molecule has 4 nitrogen and oxygen atoms in total. The van der Waals surface area contributed by atoms with Crippen LogP contribution in [0.5, 0.6) is 0 Å². The molecule has 0 spiro atoms. The zero-order chi connectivity index (χ0) is 14.4. The fraction of sp³-hybridized carbons (Fsp3) is 0.0588. The first-order chi connectivity index (χ1) is 10.2. The lowest BCUT2D eigenvalue weighted by Gasteiger charge is -1.96. The molecule has 0 radical (unpaired) electrons. The lowest BCUT2D eigenvalue weighted by Crippen LogP contribution is -2.03. The van der Waals surface area contributed by atoms with E-state index in [1.165, 1.54) is 0 Å². The van der Waals surface area contributed by atoms with Gasteiger partial charge < -0.3 is 9.88 Å². The number of carbonyl (C=O) groups excluding carboxylic acids is 1. The van der Waals surface area contributed by atoms with Gasteiger partial charge >= 0.3 is 0 Å². The van der Waals surface area contributed by atoms with Gasteiger partial charge in [0.25, 0.3) is 5.91 Å². The Morgan fingerprint density at radius 2 is 2.00 bits per heavy atom. The van der Waals surface area contributed by atoms with E-state index in [1.54, 1.807) is 6.20 Å². The Balaban J connectivity index is 0.00000144. The van der Waals surface area contributed by atoms with E-state index in [4.69, 9.17) is 0 Å². The Bertz CT molecular complexity index is 911. The number of para-hydroxylation sites is 1. The van der Waals surface area contributed by atoms with Gasteiger partial charge in [-0.2, -0.15) is 0 Å². The summed E-state index contributed by atoms with van der Waals surface area (Å²) in [6.07, 6.45) is 5.65. The minimum atomic E-state index is -0.100. The largest absolute Gasteiger partial charge is 0.350 e. The fourth-order valence-corrected chi connectivity index (χ4v) is 2.80. The highest BCUT2D eigenvalue weighted by atomic mass is 35.5. The quantitative estimate of drug-likeness (QED) is 0.699. The monoisotopic (exact) mass is 311 g/mol. The van der Waals surface area contributed by atoms with Crippen molar-refractivity contribution in [2.75, 3.05) is 5.32 Å². The summed E-state index contributed by atoms with van der Waals surface area (Å²) in [5.74, 6) is -0.100. The van der Waals surface area contributed by atoms with Gasteiger partial charge in [0, 0.05) is 35.9 Å². The van der Waals surface area contributed by atoms with Gasteiger partial charge in [0.1, 0.15) is 0 Å². The molecule has 5 heteroatoms. The second-order valence-corrected chi connectivity index (χ2v) is 5.12. The van der Waals surface area contributed by atoms with Crippen LogP contribution in [0.15, 0.2) is 48.8 Å². The van der Waals surface area contributed by atoms with Crippen LogP contribution in [-0.2, 0) is 11.8 Å². The van der Waals surface area contributed by atoms with Gasteiger partial charge in [-0.15, -0.1) is 12.4 Å². The molecule has 1 aliphatic heterocycles. The van der Waals surface area contributed by atoms with Crippen molar-refractivity contribution in [2.24, 2.45) is 7.05 Å². The van der Waals surface area contributed by atoms with Crippen LogP contribution in [0.4, 0.5) is 5.69 Å². The fourth-order valence-electron chi connectivity index (χ4n) is 2.80. The van der Waals surface area contributed by atoms with Crippen LogP contribution in [-0.4, -0.2) is 15.5 Å². The average Bonchev–Trinajstić information content (AvgIpc) is 2.99. The predicted molar refractivity (Wildman–Crippen MR) is 90.9 cm³/mol. The summed E-state index contributed by atoms with van der Waals surface area (Å²) in [6, 6.07) is 11.8. The number of nitrogens with one attached hydrogen (secondary N) is 1. The molecule has 0 bridgehead atoms. The smallest absolute Gasteiger partial charge is 0.258 e. The number of nitrogens with zero attached hydrogens (tertiary/aromatic N) is 2. The first-order valence-corrected chi connectivity index (χ1v) is 6.76. The highest BCUT2D eigenvalue weighted by Gasteiger charge is 2.25. The molecule has 1 aliphatic rings. The van der Waals surface area contributed by atoms with E-state index in [0.717, 1.165) is 27.8 Å². The molecule has 1 amide bonds. The number of benzene rings is 1. The normalized spacial score (nSPS) is 14.8. The summed E-state index contributed by atoms with van der Waals surface area (Å²) in [4.78, 5) is 16.5. The number of halogens is 1. The average molecular weight is 312 g/mol. The zero-order valence-electron chi connectivity index (χ0n) is 11.9. The number of rotatable bonds is 1. The van der Waals surface area contributed by atoms with Crippen LogP contribution in [0.25, 0.3) is 22.6 Å². The molecule has 3 aromatic rings. The molecule has 0 atom stereocenters. The highest BCUT2D eigenvalue weighted by Crippen LogP contribution is 2.32. The summed E-state index contributed by atoms with van der Waals surface area (Å²) in [5, 5.41) is 3.98. The van der Waals surface area contributed by atoms with Crippen LogP contribution in [0.3, 0.4) is 0 Å². The third kappa shape index (κ3) is 2.09. The van der Waals surface area contributed by atoms with Crippen molar-refractivity contribution in [1.82, 2.24) is 9.55 Å². The lowest BCUT2D eigenvalue weighted by molar-refractivity contribution is -0.110. The van der Waals surface area contributed by atoms with Gasteiger partial charge in [-0.05, 0) is 24.3 Å². The molecular formula is C17H14ClN3O. The number of pyridine rings is 1. The van der Waals surface area contributed by atoms with Gasteiger partial charge in [0.15, 0.2) is 0 Å². The molecule has 0 saturated heterocycles. The summed E-state index contributed by atoms with van der Waals surface area (Å²) < 4.78 is 2.06. The van der Waals surface area contributed by atoms with Crippen molar-refractivity contribution < 1.29 is 4.79 Å². The maximum absolute atomic E-state index is 12.2. The van der Waals surface area contributed by atoms with Crippen LogP contribution in [0.1, 0.15) is 11.3 Å². The molecule has 2 aromatic heterocycles. The molecule has 0 saturated carbocycles. The second kappa shape index (κ2) is 5.31. The topological polar surface area (TPSA) is 46.9 Å². The summed E-state index contributed by atoms with van der Waals surface area (Å²) in [7, 11) is 2.01. The van der Waals surface area contributed by atoms with E-state index in [9.17, 15) is 4.79 Å². The number of amides is 1. The SMILES string of the molecule is Cl.Cn1cc(C=C2C(=O)Nc3cccnc32)c2ccccc21. The van der Waals surface area contributed by atoms with Crippen LogP contribution in [0, 0.1) is 0 Å². The number of hydrogen-bond donors (Lipinski definition) is 1. The van der Waals surface area contributed by atoms with Crippen LogP contribution in [0.2, 0.25) is 0 Å². The minimum absolute atomic E-state index is 0. The number of anilines is 1. The Hall–Kier alpha value is -2.59. The van der Waals surface area contributed by atoms with Crippen molar-refractivity contribution >= 4 is 46.6 Å². The van der Waals surface area contributed by atoms with Crippen LogP contribution < -0.4 is 5.32 Å². The molecule has 0 fully saturated rings. The number of aryl methyl sites for hydroxylation is 1. The standard InChI is InChI=1S/C17H13N3O.ClH/c1-20-10-11(12-5-2-3-7-15(12)20)9-13-16-14(19-17(13)21)6-4-8-18-16;/h2-10H,1H3,(H,19,21);1H. The van der Waals surface area contributed by atoms with Gasteiger partial charge in [-0.3, -0.25) is 9.78 Å². The second-order valence-electron chi connectivity index (χ2n) is 5.12. The Labute approximate surface area is 133 Å². The molecule has 0 unspecified atom stereocenters. The van der Waals surface area contributed by atoms with Gasteiger partial charge in [-0.1, -0.05) is 18.2 Å². The maximum Gasteiger partial charge on any atom is 0.258 e. The Kier molecular flexibility index (Phi) is 3.47. The maximum atomic E-state index is 12.2. The van der Waals surface area contributed by atoms with E-state index in [0.29, 0.717) is 5.57 Å². The van der Waals surface area contributed by atoms with Crippen molar-refractivity contribution in [3.8, 4) is 0 Å². The number of aromatic nitrogens is 2. The molecular weight excluding hydrogens is 298 g/mol. The first kappa shape index (κ1) is 14.4. The molecule has 0 aliphatic carbocycles. The summed E-state index contributed by atoms with van der Waals surface area (Å²) in [5.41, 5.74) is 4.27. The predicted octanol–water partition coefficient (Wildman–Crippen LogP) is 3.49. The first-order valence-electron chi connectivity index (χ1n) is 6.76. The Morgan fingerprint density at radius 3 is 2.86 bits per heavy atom. The Morgan fingerprint density at radius 1 is 1.18 bits per heavy atom. The van der Waals surface area contributed by atoms with E-state index < -0.39 is 0 Å². The summed E-state index contributed by atoms with van der Waals surface area (Å²) in [6.45, 7) is 0. The number of fused-ring (bicyclic) bond motifs is 2. The van der Waals surface area contributed by atoms with E-state index in [2.05, 4.69) is 27.0 Å². The van der Waals surface area contributed by atoms with E-state index >= 15 is 0 Å². The van der Waals surface area contributed by atoms with E-state index in [1.807, 2.05) is 43.6 Å². The molecule has 22 heavy (non-hydrogen) atoms. The minimum Gasteiger partial charge on any atom is -0.350 e.